The van der Waals surface area contributed by atoms with Crippen LogP contribution in [-0.2, 0) is 28.6 Å². The summed E-state index contributed by atoms with van der Waals surface area (Å²) in [6, 6.07) is 0. The smallest absolute Gasteiger partial charge is 0.306 e. The zero-order chi connectivity index (χ0) is 45.8. The molecule has 0 amide bonds. The SMILES string of the molecule is CCCCCC=CCC=CCCCCCCCC(=O)OC(COC(=O)CCCCCCCC=CCCCCCC)COC(=O)CCCCCCCCCC=CCCCCCCCC. The minimum atomic E-state index is -0.784. The molecule has 0 radical (unpaired) electrons. The lowest BCUT2D eigenvalue weighted by Crippen LogP contribution is -2.30. The Bertz CT molecular complexity index is 1110. The molecule has 0 rings (SSSR count). The molecule has 0 aliphatic carbocycles. The van der Waals surface area contributed by atoms with Crippen molar-refractivity contribution in [2.75, 3.05) is 13.2 Å². The minimum absolute atomic E-state index is 0.0827. The van der Waals surface area contributed by atoms with Crippen LogP contribution in [0.3, 0.4) is 0 Å². The standard InChI is InChI=1S/C57H102O6/c1-4-7-10-13-16-19-22-25-27-28-30-32-35-38-41-44-47-50-56(59)62-53-54(52-61-55(58)49-46-43-40-37-34-31-24-21-18-15-12-9-6-3)63-57(60)51-48-45-42-39-36-33-29-26-23-20-17-14-11-8-5-2/h17,20-21,24-27,29,54H,4-16,18-19,22-23,28,30-53H2,1-3H3. The first-order valence-electron chi connectivity index (χ1n) is 27.1. The Morgan fingerprint density at radius 1 is 0.317 bits per heavy atom. The highest BCUT2D eigenvalue weighted by Crippen LogP contribution is 2.14. The molecule has 0 fully saturated rings. The van der Waals surface area contributed by atoms with Crippen molar-refractivity contribution >= 4 is 17.9 Å². The van der Waals surface area contributed by atoms with Crippen LogP contribution in [0.25, 0.3) is 0 Å². The van der Waals surface area contributed by atoms with Crippen LogP contribution in [0.15, 0.2) is 48.6 Å². The van der Waals surface area contributed by atoms with Crippen LogP contribution in [-0.4, -0.2) is 37.2 Å². The lowest BCUT2D eigenvalue weighted by molar-refractivity contribution is -0.167. The van der Waals surface area contributed by atoms with Crippen LogP contribution in [0.2, 0.25) is 0 Å². The Balaban J connectivity index is 4.39. The molecule has 0 N–H and O–H groups in total. The zero-order valence-corrected chi connectivity index (χ0v) is 41.8. The highest BCUT2D eigenvalue weighted by molar-refractivity contribution is 5.71. The number of allylic oxidation sites excluding steroid dienone is 8. The highest BCUT2D eigenvalue weighted by atomic mass is 16.6. The monoisotopic (exact) mass is 883 g/mol. The van der Waals surface area contributed by atoms with Crippen LogP contribution < -0.4 is 0 Å². The van der Waals surface area contributed by atoms with Crippen LogP contribution in [0, 0.1) is 0 Å². The molecular weight excluding hydrogens is 781 g/mol. The fourth-order valence-electron chi connectivity index (χ4n) is 7.64. The van der Waals surface area contributed by atoms with Crippen molar-refractivity contribution in [1.82, 2.24) is 0 Å². The van der Waals surface area contributed by atoms with Gasteiger partial charge >= 0.3 is 17.9 Å². The molecule has 0 saturated carbocycles. The van der Waals surface area contributed by atoms with E-state index >= 15 is 0 Å². The van der Waals surface area contributed by atoms with Gasteiger partial charge in [0.05, 0.1) is 0 Å². The third kappa shape index (κ3) is 50.2. The summed E-state index contributed by atoms with van der Waals surface area (Å²) in [6.45, 7) is 6.59. The van der Waals surface area contributed by atoms with Crippen molar-refractivity contribution in [3.63, 3.8) is 0 Å². The van der Waals surface area contributed by atoms with Gasteiger partial charge in [0, 0.05) is 19.3 Å². The molecule has 1 atom stereocenters. The molecule has 0 aliphatic rings. The summed E-state index contributed by atoms with van der Waals surface area (Å²) >= 11 is 0. The summed E-state index contributed by atoms with van der Waals surface area (Å²) < 4.78 is 16.8. The van der Waals surface area contributed by atoms with Crippen molar-refractivity contribution in [1.29, 1.82) is 0 Å². The molecule has 366 valence electrons. The van der Waals surface area contributed by atoms with Crippen LogP contribution in [0.1, 0.15) is 278 Å². The van der Waals surface area contributed by atoms with E-state index in [-0.39, 0.29) is 31.1 Å². The Kier molecular flexibility index (Phi) is 49.8. The van der Waals surface area contributed by atoms with Gasteiger partial charge in [-0.05, 0) is 103 Å². The Morgan fingerprint density at radius 2 is 0.571 bits per heavy atom. The van der Waals surface area contributed by atoms with Gasteiger partial charge in [-0.2, -0.15) is 0 Å². The largest absolute Gasteiger partial charge is 0.462 e. The predicted octanol–water partition coefficient (Wildman–Crippen LogP) is 17.9. The summed E-state index contributed by atoms with van der Waals surface area (Å²) in [5.41, 5.74) is 0. The van der Waals surface area contributed by atoms with Gasteiger partial charge in [0.2, 0.25) is 0 Å². The minimum Gasteiger partial charge on any atom is -0.462 e. The summed E-state index contributed by atoms with van der Waals surface area (Å²) in [4.78, 5) is 38.0. The topological polar surface area (TPSA) is 78.9 Å². The van der Waals surface area contributed by atoms with Crippen LogP contribution >= 0.6 is 0 Å². The molecule has 6 heteroatoms. The van der Waals surface area contributed by atoms with Crippen molar-refractivity contribution in [3.8, 4) is 0 Å². The fourth-order valence-corrected chi connectivity index (χ4v) is 7.64. The molecule has 0 spiro atoms. The molecule has 0 bridgehead atoms. The second-order valence-electron chi connectivity index (χ2n) is 18.1. The molecule has 0 aromatic rings. The second kappa shape index (κ2) is 52.0. The van der Waals surface area contributed by atoms with E-state index in [4.69, 9.17) is 14.2 Å². The van der Waals surface area contributed by atoms with Gasteiger partial charge < -0.3 is 14.2 Å². The van der Waals surface area contributed by atoms with Gasteiger partial charge in [0.25, 0.3) is 0 Å². The molecule has 0 saturated heterocycles. The quantitative estimate of drug-likeness (QED) is 0.0262. The summed E-state index contributed by atoms with van der Waals surface area (Å²) in [5.74, 6) is -0.901. The first kappa shape index (κ1) is 60.4. The van der Waals surface area contributed by atoms with Crippen molar-refractivity contribution in [3.05, 3.63) is 48.6 Å². The molecule has 0 heterocycles. The third-order valence-electron chi connectivity index (χ3n) is 11.8. The van der Waals surface area contributed by atoms with Gasteiger partial charge in [-0.3, -0.25) is 14.4 Å². The number of carbonyl (C=O) groups excluding carboxylic acids is 3. The molecule has 0 aromatic heterocycles. The fraction of sp³-hybridized carbons (Fsp3) is 0.807. The van der Waals surface area contributed by atoms with Crippen molar-refractivity contribution < 1.29 is 28.6 Å². The first-order chi connectivity index (χ1) is 31.0. The van der Waals surface area contributed by atoms with Gasteiger partial charge in [0.1, 0.15) is 13.2 Å². The van der Waals surface area contributed by atoms with Gasteiger partial charge in [-0.15, -0.1) is 0 Å². The Morgan fingerprint density at radius 3 is 0.937 bits per heavy atom. The molecular formula is C57H102O6. The number of esters is 3. The summed E-state index contributed by atoms with van der Waals surface area (Å²) in [6.07, 6.45) is 62.3. The van der Waals surface area contributed by atoms with Gasteiger partial charge in [-0.1, -0.05) is 204 Å². The van der Waals surface area contributed by atoms with Crippen LogP contribution in [0.4, 0.5) is 0 Å². The number of rotatable bonds is 49. The van der Waals surface area contributed by atoms with E-state index in [9.17, 15) is 14.4 Å². The highest BCUT2D eigenvalue weighted by Gasteiger charge is 2.19. The number of hydrogen-bond acceptors (Lipinski definition) is 6. The van der Waals surface area contributed by atoms with Crippen molar-refractivity contribution in [2.45, 2.75) is 284 Å². The van der Waals surface area contributed by atoms with Gasteiger partial charge in [0.15, 0.2) is 6.10 Å². The lowest BCUT2D eigenvalue weighted by Gasteiger charge is -2.18. The Labute approximate surface area is 390 Å². The van der Waals surface area contributed by atoms with E-state index in [2.05, 4.69) is 69.4 Å². The second-order valence-corrected chi connectivity index (χ2v) is 18.1. The Hall–Kier alpha value is -2.63. The average molecular weight is 883 g/mol. The molecule has 6 nitrogen and oxygen atoms in total. The van der Waals surface area contributed by atoms with Gasteiger partial charge in [-0.25, -0.2) is 0 Å². The molecule has 0 aromatic carbocycles. The maximum atomic E-state index is 12.8. The molecule has 63 heavy (non-hydrogen) atoms. The number of carbonyl (C=O) groups is 3. The maximum absolute atomic E-state index is 12.8. The van der Waals surface area contributed by atoms with E-state index < -0.39 is 6.10 Å². The normalized spacial score (nSPS) is 12.4. The predicted molar refractivity (Wildman–Crippen MR) is 270 cm³/mol. The number of unbranched alkanes of at least 4 members (excludes halogenated alkanes) is 30. The van der Waals surface area contributed by atoms with Crippen molar-refractivity contribution in [2.24, 2.45) is 0 Å². The van der Waals surface area contributed by atoms with E-state index in [1.807, 2.05) is 0 Å². The zero-order valence-electron chi connectivity index (χ0n) is 41.8. The molecule has 0 aliphatic heterocycles. The lowest BCUT2D eigenvalue weighted by atomic mass is 10.1. The van der Waals surface area contributed by atoms with E-state index in [1.54, 1.807) is 0 Å². The number of hydrogen-bond donors (Lipinski definition) is 0. The molecule has 1 unspecified atom stereocenters. The summed E-state index contributed by atoms with van der Waals surface area (Å²) in [5, 5.41) is 0. The van der Waals surface area contributed by atoms with E-state index in [0.717, 1.165) is 89.9 Å². The van der Waals surface area contributed by atoms with Crippen LogP contribution in [0.5, 0.6) is 0 Å². The third-order valence-corrected chi connectivity index (χ3v) is 11.8. The maximum Gasteiger partial charge on any atom is 0.306 e. The van der Waals surface area contributed by atoms with E-state index in [0.29, 0.717) is 19.3 Å². The first-order valence-corrected chi connectivity index (χ1v) is 27.1. The number of ether oxygens (including phenoxy) is 3. The van der Waals surface area contributed by atoms with E-state index in [1.165, 1.54) is 148 Å². The average Bonchev–Trinajstić information content (AvgIpc) is 3.28. The summed E-state index contributed by atoms with van der Waals surface area (Å²) in [7, 11) is 0.